The number of anilines is 2. The third-order valence-corrected chi connectivity index (χ3v) is 5.58. The molecule has 1 amide bonds. The van der Waals surface area contributed by atoms with Crippen molar-refractivity contribution in [2.45, 2.75) is 0 Å². The Morgan fingerprint density at radius 3 is 2.60 bits per heavy atom. The van der Waals surface area contributed by atoms with E-state index in [1.807, 2.05) is 37.2 Å². The van der Waals surface area contributed by atoms with E-state index in [4.69, 9.17) is 12.2 Å². The number of carbonyl (C=O) groups excluding carboxylic acids is 1. The zero-order valence-corrected chi connectivity index (χ0v) is 16.7. The van der Waals surface area contributed by atoms with Crippen molar-refractivity contribution in [3.8, 4) is 0 Å². The lowest BCUT2D eigenvalue weighted by Gasteiger charge is -2.15. The Bertz CT molecular complexity index is 898. The van der Waals surface area contributed by atoms with Gasteiger partial charge in [-0.05, 0) is 51.8 Å². The van der Waals surface area contributed by atoms with Crippen LogP contribution in [-0.4, -0.2) is 24.3 Å². The van der Waals surface area contributed by atoms with Crippen molar-refractivity contribution in [2.24, 2.45) is 0 Å². The second-order valence-corrected chi connectivity index (χ2v) is 8.10. The Labute approximate surface area is 163 Å². The highest BCUT2D eigenvalue weighted by Crippen LogP contribution is 2.37. The highest BCUT2D eigenvalue weighted by molar-refractivity contribution is 9.10. The topological polar surface area (TPSA) is 23.6 Å². The molecule has 25 heavy (non-hydrogen) atoms. The van der Waals surface area contributed by atoms with Crippen molar-refractivity contribution in [1.29, 1.82) is 0 Å². The molecule has 7 heteroatoms. The monoisotopic (exact) mass is 436 g/mol. The summed E-state index contributed by atoms with van der Waals surface area (Å²) < 4.78 is 15.3. The molecule has 0 aromatic heterocycles. The molecule has 0 radical (unpaired) electrons. The van der Waals surface area contributed by atoms with Gasteiger partial charge in [0.15, 0.2) is 4.32 Å². The second-order valence-electron chi connectivity index (χ2n) is 5.57. The first-order valence-electron chi connectivity index (χ1n) is 7.38. The molecule has 1 heterocycles. The third-order valence-electron chi connectivity index (χ3n) is 3.64. The van der Waals surface area contributed by atoms with Gasteiger partial charge in [-0.2, -0.15) is 0 Å². The summed E-state index contributed by atoms with van der Waals surface area (Å²) >= 11 is 9.98. The van der Waals surface area contributed by atoms with Crippen LogP contribution in [0.15, 0.2) is 51.8 Å². The first kappa shape index (κ1) is 18.1. The van der Waals surface area contributed by atoms with E-state index >= 15 is 0 Å². The molecule has 0 saturated carbocycles. The molecular formula is C18H14BrFN2OS2. The number of hydrogen-bond donors (Lipinski definition) is 0. The van der Waals surface area contributed by atoms with E-state index < -0.39 is 5.82 Å². The maximum Gasteiger partial charge on any atom is 0.270 e. The Morgan fingerprint density at radius 1 is 1.24 bits per heavy atom. The predicted octanol–water partition coefficient (Wildman–Crippen LogP) is 5.06. The number of amides is 1. The fourth-order valence-corrected chi connectivity index (χ4v) is 4.47. The Kier molecular flexibility index (Phi) is 5.27. The van der Waals surface area contributed by atoms with Crippen molar-refractivity contribution < 1.29 is 9.18 Å². The average molecular weight is 437 g/mol. The molecule has 3 nitrogen and oxygen atoms in total. The molecule has 0 aliphatic carbocycles. The minimum atomic E-state index is -0.474. The van der Waals surface area contributed by atoms with Gasteiger partial charge in [0.2, 0.25) is 0 Å². The summed E-state index contributed by atoms with van der Waals surface area (Å²) in [6, 6.07) is 11.9. The minimum Gasteiger partial charge on any atom is -0.377 e. The van der Waals surface area contributed by atoms with E-state index in [0.29, 0.717) is 9.23 Å². The Morgan fingerprint density at radius 2 is 1.96 bits per heavy atom. The van der Waals surface area contributed by atoms with Gasteiger partial charge in [0.05, 0.1) is 16.3 Å². The van der Waals surface area contributed by atoms with Crippen molar-refractivity contribution in [3.05, 3.63) is 63.2 Å². The first-order valence-corrected chi connectivity index (χ1v) is 9.39. The molecule has 3 rings (SSSR count). The van der Waals surface area contributed by atoms with Gasteiger partial charge < -0.3 is 4.90 Å². The molecule has 128 valence electrons. The van der Waals surface area contributed by atoms with E-state index in [0.717, 1.165) is 15.7 Å². The fourth-order valence-electron chi connectivity index (χ4n) is 2.44. The molecule has 0 atom stereocenters. The van der Waals surface area contributed by atoms with Gasteiger partial charge in [-0.25, -0.2) is 4.39 Å². The van der Waals surface area contributed by atoms with Gasteiger partial charge in [0.25, 0.3) is 5.91 Å². The summed E-state index contributed by atoms with van der Waals surface area (Å²) in [7, 11) is 3.92. The summed E-state index contributed by atoms with van der Waals surface area (Å²) in [6.07, 6.45) is 1.77. The average Bonchev–Trinajstić information content (AvgIpc) is 2.82. The van der Waals surface area contributed by atoms with Crippen LogP contribution in [0.3, 0.4) is 0 Å². The maximum atomic E-state index is 14.0. The van der Waals surface area contributed by atoms with Crippen molar-refractivity contribution in [1.82, 2.24) is 0 Å². The van der Waals surface area contributed by atoms with Crippen molar-refractivity contribution in [3.63, 3.8) is 0 Å². The van der Waals surface area contributed by atoms with E-state index in [9.17, 15) is 9.18 Å². The summed E-state index contributed by atoms with van der Waals surface area (Å²) in [5.74, 6) is -0.786. The number of para-hydroxylation sites is 1. The van der Waals surface area contributed by atoms with E-state index in [2.05, 4.69) is 15.9 Å². The molecule has 0 unspecified atom stereocenters. The van der Waals surface area contributed by atoms with Crippen LogP contribution >= 0.6 is 39.9 Å². The van der Waals surface area contributed by atoms with Crippen LogP contribution in [0.25, 0.3) is 6.08 Å². The highest BCUT2D eigenvalue weighted by atomic mass is 79.9. The molecule has 1 aliphatic heterocycles. The first-order chi connectivity index (χ1) is 11.9. The molecule has 2 aromatic rings. The SMILES string of the molecule is CN(C)c1ccc(C=C2SC(=S)N(c3ccccc3F)C2=O)cc1Br. The lowest BCUT2D eigenvalue weighted by molar-refractivity contribution is -0.113. The summed E-state index contributed by atoms with van der Waals surface area (Å²) in [5.41, 5.74) is 2.08. The van der Waals surface area contributed by atoms with Crippen LogP contribution in [0.1, 0.15) is 5.56 Å². The number of rotatable bonds is 3. The van der Waals surface area contributed by atoms with Crippen LogP contribution in [0, 0.1) is 5.82 Å². The molecule has 1 fully saturated rings. The van der Waals surface area contributed by atoms with Gasteiger partial charge in [0, 0.05) is 18.6 Å². The number of nitrogens with zero attached hydrogens (tertiary/aromatic N) is 2. The number of carbonyl (C=O) groups is 1. The summed E-state index contributed by atoms with van der Waals surface area (Å²) in [5, 5.41) is 0. The molecular weight excluding hydrogens is 423 g/mol. The van der Waals surface area contributed by atoms with E-state index in [1.54, 1.807) is 24.3 Å². The predicted molar refractivity (Wildman–Crippen MR) is 111 cm³/mol. The molecule has 1 saturated heterocycles. The largest absolute Gasteiger partial charge is 0.377 e. The number of halogens is 2. The second kappa shape index (κ2) is 7.27. The molecule has 0 N–H and O–H groups in total. The Hall–Kier alpha value is -1.70. The fraction of sp³-hybridized carbons (Fsp3) is 0.111. The van der Waals surface area contributed by atoms with Gasteiger partial charge >= 0.3 is 0 Å². The van der Waals surface area contributed by atoms with Crippen molar-refractivity contribution in [2.75, 3.05) is 23.9 Å². The van der Waals surface area contributed by atoms with Crippen LogP contribution < -0.4 is 9.80 Å². The maximum absolute atomic E-state index is 14.0. The summed E-state index contributed by atoms with van der Waals surface area (Å²) in [6.45, 7) is 0. The minimum absolute atomic E-state index is 0.178. The Balaban J connectivity index is 1.93. The van der Waals surface area contributed by atoms with Crippen LogP contribution in [0.2, 0.25) is 0 Å². The molecule has 0 spiro atoms. The number of thiocarbonyl (C=S) groups is 1. The molecule has 2 aromatic carbocycles. The standard InChI is InChI=1S/C18H14BrFN2OS2/c1-21(2)14-8-7-11(9-12(14)19)10-16-17(23)22(18(24)25-16)15-6-4-3-5-13(15)20/h3-10H,1-2H3. The lowest BCUT2D eigenvalue weighted by Crippen LogP contribution is -2.28. The zero-order chi connectivity index (χ0) is 18.1. The van der Waals surface area contributed by atoms with Crippen molar-refractivity contribution >= 4 is 67.6 Å². The lowest BCUT2D eigenvalue weighted by atomic mass is 10.2. The highest BCUT2D eigenvalue weighted by Gasteiger charge is 2.34. The van der Waals surface area contributed by atoms with E-state index in [-0.39, 0.29) is 11.6 Å². The zero-order valence-electron chi connectivity index (χ0n) is 13.5. The van der Waals surface area contributed by atoms with E-state index in [1.165, 1.54) is 22.7 Å². The smallest absolute Gasteiger partial charge is 0.270 e. The quantitative estimate of drug-likeness (QED) is 0.495. The number of thioether (sulfide) groups is 1. The van der Waals surface area contributed by atoms with Gasteiger partial charge in [0.1, 0.15) is 5.82 Å². The van der Waals surface area contributed by atoms with Crippen LogP contribution in [-0.2, 0) is 4.79 Å². The van der Waals surface area contributed by atoms with Crippen LogP contribution in [0.5, 0.6) is 0 Å². The number of hydrogen-bond acceptors (Lipinski definition) is 4. The normalized spacial score (nSPS) is 16.0. The summed E-state index contributed by atoms with van der Waals surface area (Å²) in [4.78, 5) is 16.4. The third kappa shape index (κ3) is 3.63. The molecule has 1 aliphatic rings. The van der Waals surface area contributed by atoms with Crippen LogP contribution in [0.4, 0.5) is 15.8 Å². The van der Waals surface area contributed by atoms with Gasteiger partial charge in [-0.15, -0.1) is 0 Å². The van der Waals surface area contributed by atoms with Gasteiger partial charge in [-0.3, -0.25) is 9.69 Å². The number of benzene rings is 2. The molecule has 0 bridgehead atoms. The van der Waals surface area contributed by atoms with Gasteiger partial charge in [-0.1, -0.05) is 42.2 Å².